The number of aliphatic hydroxyl groups excluding tert-OH is 1. The Hall–Kier alpha value is -1.01. The van der Waals surface area contributed by atoms with Crippen molar-refractivity contribution in [2.24, 2.45) is 0 Å². The fourth-order valence-corrected chi connectivity index (χ4v) is 4.03. The maximum absolute atomic E-state index is 12.3. The largest absolute Gasteiger partial charge is 0.508 e. The minimum absolute atomic E-state index is 0.0464. The van der Waals surface area contributed by atoms with Crippen LogP contribution in [0, 0.1) is 0 Å². The molecule has 2 aliphatic carbocycles. The van der Waals surface area contributed by atoms with Gasteiger partial charge in [0.2, 0.25) is 10.0 Å². The number of ether oxygens (including phenoxy) is 1. The van der Waals surface area contributed by atoms with Crippen LogP contribution in [0.15, 0.2) is 22.5 Å². The molecule has 6 heteroatoms. The highest BCUT2D eigenvalue weighted by Gasteiger charge is 2.26. The van der Waals surface area contributed by atoms with Crippen molar-refractivity contribution in [1.29, 1.82) is 0 Å². The highest BCUT2D eigenvalue weighted by molar-refractivity contribution is 7.93. The summed E-state index contributed by atoms with van der Waals surface area (Å²) in [4.78, 5) is 0.299. The molecule has 2 rings (SSSR count). The normalized spacial score (nSPS) is 22.3. The first-order valence-electron chi connectivity index (χ1n) is 6.72. The third-order valence-corrected chi connectivity index (χ3v) is 5.33. The molecule has 0 heterocycles. The molecule has 2 aliphatic rings. The molecule has 0 aromatic rings. The number of hydrogen-bond acceptors (Lipinski definition) is 4. The Labute approximate surface area is 114 Å². The Kier molecular flexibility index (Phi) is 4.52. The van der Waals surface area contributed by atoms with Crippen molar-refractivity contribution < 1.29 is 18.3 Å². The summed E-state index contributed by atoms with van der Waals surface area (Å²) in [6, 6.07) is 0.0464. The monoisotopic (exact) mass is 287 g/mol. The molecule has 0 radical (unpaired) electrons. The zero-order valence-corrected chi connectivity index (χ0v) is 12.0. The Balaban J connectivity index is 2.11. The van der Waals surface area contributed by atoms with E-state index in [2.05, 4.69) is 4.72 Å². The van der Waals surface area contributed by atoms with Crippen molar-refractivity contribution in [3.8, 4) is 0 Å². The number of aliphatic hydroxyl groups is 1. The average Bonchev–Trinajstić information content (AvgIpc) is 2.39. The Morgan fingerprint density at radius 2 is 1.95 bits per heavy atom. The molecule has 0 atom stereocenters. The molecule has 5 nitrogen and oxygen atoms in total. The fraction of sp³-hybridized carbons (Fsp3) is 0.692. The molecule has 0 aromatic carbocycles. The molecule has 0 saturated heterocycles. The molecule has 0 aromatic heterocycles. The quantitative estimate of drug-likeness (QED) is 0.832. The van der Waals surface area contributed by atoms with Crippen molar-refractivity contribution in [2.75, 3.05) is 7.11 Å². The molecule has 0 aliphatic heterocycles. The molecule has 0 amide bonds. The van der Waals surface area contributed by atoms with E-state index in [1.54, 1.807) is 0 Å². The van der Waals surface area contributed by atoms with Crippen LogP contribution in [-0.4, -0.2) is 26.7 Å². The molecule has 1 fully saturated rings. The Morgan fingerprint density at radius 3 is 2.58 bits per heavy atom. The first-order chi connectivity index (χ1) is 9.03. The van der Waals surface area contributed by atoms with Gasteiger partial charge in [-0.1, -0.05) is 19.3 Å². The van der Waals surface area contributed by atoms with Crippen LogP contribution < -0.4 is 4.72 Å². The molecular weight excluding hydrogens is 266 g/mol. The standard InChI is InChI=1S/C13H21NO4S/c1-18-13-9-11(7-8-12(13)15)19(16,17)14-10-5-3-2-4-6-10/h9-10,14-15H,2-8H2,1H3. The third-order valence-electron chi connectivity index (χ3n) is 3.68. The number of nitrogens with one attached hydrogen (secondary N) is 1. The molecule has 19 heavy (non-hydrogen) atoms. The summed E-state index contributed by atoms with van der Waals surface area (Å²) < 4.78 is 32.3. The van der Waals surface area contributed by atoms with Gasteiger partial charge in [-0.2, -0.15) is 0 Å². The van der Waals surface area contributed by atoms with E-state index in [4.69, 9.17) is 4.74 Å². The number of methoxy groups -OCH3 is 1. The van der Waals surface area contributed by atoms with Crippen LogP contribution >= 0.6 is 0 Å². The highest BCUT2D eigenvalue weighted by Crippen LogP contribution is 2.27. The predicted molar refractivity (Wildman–Crippen MR) is 72.9 cm³/mol. The maximum Gasteiger partial charge on any atom is 0.237 e. The van der Waals surface area contributed by atoms with Gasteiger partial charge in [0.1, 0.15) is 5.76 Å². The van der Waals surface area contributed by atoms with Gasteiger partial charge in [0.25, 0.3) is 0 Å². The number of sulfonamides is 1. The topological polar surface area (TPSA) is 75.6 Å². The van der Waals surface area contributed by atoms with Crippen LogP contribution in [0.4, 0.5) is 0 Å². The van der Waals surface area contributed by atoms with Crippen molar-refractivity contribution in [2.45, 2.75) is 51.0 Å². The Bertz CT molecular complexity index is 487. The minimum atomic E-state index is -3.46. The molecular formula is C13H21NO4S. The lowest BCUT2D eigenvalue weighted by atomic mass is 9.96. The lowest BCUT2D eigenvalue weighted by molar-refractivity contribution is 0.258. The SMILES string of the molecule is COC1=C(O)CCC(S(=O)(=O)NC2CCCCC2)=C1. The van der Waals surface area contributed by atoms with Gasteiger partial charge in [-0.25, -0.2) is 13.1 Å². The fourth-order valence-electron chi connectivity index (χ4n) is 2.57. The maximum atomic E-state index is 12.3. The first-order valence-corrected chi connectivity index (χ1v) is 8.20. The van der Waals surface area contributed by atoms with E-state index >= 15 is 0 Å². The second-order valence-corrected chi connectivity index (χ2v) is 6.85. The second kappa shape index (κ2) is 5.96. The summed E-state index contributed by atoms with van der Waals surface area (Å²) in [6.07, 6.45) is 7.21. The molecule has 2 N–H and O–H groups in total. The summed E-state index contributed by atoms with van der Waals surface area (Å²) in [7, 11) is -2.04. The summed E-state index contributed by atoms with van der Waals surface area (Å²) in [5.41, 5.74) is 0. The summed E-state index contributed by atoms with van der Waals surface area (Å²) in [5.74, 6) is 0.356. The van der Waals surface area contributed by atoms with Crippen LogP contribution in [0.2, 0.25) is 0 Å². The van der Waals surface area contributed by atoms with Crippen LogP contribution in [0.3, 0.4) is 0 Å². The van der Waals surface area contributed by atoms with Crippen LogP contribution in [0.1, 0.15) is 44.9 Å². The lowest BCUT2D eigenvalue weighted by Gasteiger charge is -2.24. The zero-order valence-electron chi connectivity index (χ0n) is 11.2. The van der Waals surface area contributed by atoms with Crippen molar-refractivity contribution in [3.63, 3.8) is 0 Å². The van der Waals surface area contributed by atoms with E-state index in [-0.39, 0.29) is 17.6 Å². The second-order valence-electron chi connectivity index (χ2n) is 5.08. The number of rotatable bonds is 4. The van der Waals surface area contributed by atoms with Gasteiger partial charge in [0.05, 0.1) is 12.0 Å². The number of allylic oxidation sites excluding steroid dienone is 3. The smallest absolute Gasteiger partial charge is 0.237 e. The van der Waals surface area contributed by atoms with E-state index < -0.39 is 10.0 Å². The first kappa shape index (κ1) is 14.4. The van der Waals surface area contributed by atoms with Gasteiger partial charge >= 0.3 is 0 Å². The van der Waals surface area contributed by atoms with Crippen LogP contribution in [-0.2, 0) is 14.8 Å². The zero-order chi connectivity index (χ0) is 13.9. The van der Waals surface area contributed by atoms with Gasteiger partial charge in [-0.3, -0.25) is 0 Å². The van der Waals surface area contributed by atoms with E-state index in [1.807, 2.05) is 0 Å². The van der Waals surface area contributed by atoms with Gasteiger partial charge in [0, 0.05) is 12.5 Å². The molecule has 0 spiro atoms. The average molecular weight is 287 g/mol. The number of hydrogen-bond donors (Lipinski definition) is 2. The summed E-state index contributed by atoms with van der Waals surface area (Å²) in [6.45, 7) is 0. The van der Waals surface area contributed by atoms with Gasteiger partial charge in [-0.05, 0) is 25.3 Å². The molecule has 0 unspecified atom stereocenters. The van der Waals surface area contributed by atoms with Crippen molar-refractivity contribution in [1.82, 2.24) is 4.72 Å². The van der Waals surface area contributed by atoms with E-state index in [9.17, 15) is 13.5 Å². The summed E-state index contributed by atoms with van der Waals surface area (Å²) in [5, 5.41) is 9.57. The van der Waals surface area contributed by atoms with E-state index in [1.165, 1.54) is 19.6 Å². The van der Waals surface area contributed by atoms with E-state index in [0.29, 0.717) is 17.7 Å². The summed E-state index contributed by atoms with van der Waals surface area (Å²) >= 11 is 0. The van der Waals surface area contributed by atoms with Gasteiger partial charge in [-0.15, -0.1) is 0 Å². The van der Waals surface area contributed by atoms with Crippen LogP contribution in [0.5, 0.6) is 0 Å². The van der Waals surface area contributed by atoms with Crippen molar-refractivity contribution in [3.05, 3.63) is 22.5 Å². The molecule has 108 valence electrons. The van der Waals surface area contributed by atoms with Gasteiger partial charge < -0.3 is 9.84 Å². The highest BCUT2D eigenvalue weighted by atomic mass is 32.2. The van der Waals surface area contributed by atoms with Gasteiger partial charge in [0.15, 0.2) is 5.76 Å². The van der Waals surface area contributed by atoms with Crippen molar-refractivity contribution >= 4 is 10.0 Å². The van der Waals surface area contributed by atoms with E-state index in [0.717, 1.165) is 25.7 Å². The Morgan fingerprint density at radius 1 is 1.26 bits per heavy atom. The molecule has 1 saturated carbocycles. The predicted octanol–water partition coefficient (Wildman–Crippen LogP) is 2.33. The lowest BCUT2D eigenvalue weighted by Crippen LogP contribution is -2.37. The van der Waals surface area contributed by atoms with Crippen LogP contribution in [0.25, 0.3) is 0 Å². The molecule has 0 bridgehead atoms. The third kappa shape index (κ3) is 3.51. The minimum Gasteiger partial charge on any atom is -0.508 e.